The number of aliphatic carboxylic acids is 1. The van der Waals surface area contributed by atoms with Gasteiger partial charge < -0.3 is 5.11 Å². The van der Waals surface area contributed by atoms with Crippen LogP contribution in [-0.4, -0.2) is 22.6 Å². The van der Waals surface area contributed by atoms with E-state index in [-0.39, 0.29) is 11.3 Å². The third-order valence-electron chi connectivity index (χ3n) is 2.85. The molecule has 0 aromatic carbocycles. The van der Waals surface area contributed by atoms with Crippen LogP contribution >= 0.6 is 11.8 Å². The fourth-order valence-corrected chi connectivity index (χ4v) is 3.00. The van der Waals surface area contributed by atoms with Crippen LogP contribution in [0.3, 0.4) is 0 Å². The summed E-state index contributed by atoms with van der Waals surface area (Å²) in [5, 5.41) is 8.89. The Hall–Kier alpha value is -0.440. The number of carboxylic acids is 1. The number of hydrogen-bond acceptors (Lipinski definition) is 2. The monoisotopic (exact) mass is 200 g/mol. The van der Waals surface area contributed by atoms with E-state index < -0.39 is 5.97 Å². The molecule has 0 aromatic rings. The summed E-state index contributed by atoms with van der Waals surface area (Å²) in [5.74, 6) is 1.42. The molecule has 1 saturated carbocycles. The van der Waals surface area contributed by atoms with Gasteiger partial charge in [0.25, 0.3) is 0 Å². The lowest BCUT2D eigenvalue weighted by molar-refractivity contribution is -0.139. The number of carboxylic acid groups (broad SMARTS) is 1. The minimum Gasteiger partial charge on any atom is -0.481 e. The average Bonchev–Trinajstić information content (AvgIpc) is 2.54. The first-order chi connectivity index (χ1) is 6.01. The highest BCUT2D eigenvalue weighted by atomic mass is 32.2. The van der Waals surface area contributed by atoms with E-state index in [0.717, 1.165) is 11.5 Å². The first kappa shape index (κ1) is 10.6. The number of rotatable bonds is 5. The van der Waals surface area contributed by atoms with Gasteiger partial charge in [-0.25, -0.2) is 0 Å². The summed E-state index contributed by atoms with van der Waals surface area (Å²) < 4.78 is 0. The minimum absolute atomic E-state index is 0.00000331. The van der Waals surface area contributed by atoms with E-state index in [2.05, 4.69) is 6.58 Å². The van der Waals surface area contributed by atoms with Gasteiger partial charge in [-0.15, -0.1) is 6.58 Å². The van der Waals surface area contributed by atoms with E-state index >= 15 is 0 Å². The van der Waals surface area contributed by atoms with Gasteiger partial charge in [-0.2, -0.15) is 11.8 Å². The van der Waals surface area contributed by atoms with Crippen LogP contribution in [0.4, 0.5) is 0 Å². The van der Waals surface area contributed by atoms with Gasteiger partial charge in [0.1, 0.15) is 0 Å². The second kappa shape index (κ2) is 3.74. The normalized spacial score (nSPS) is 29.7. The smallest absolute Gasteiger partial charge is 0.307 e. The van der Waals surface area contributed by atoms with Crippen molar-refractivity contribution in [2.45, 2.75) is 13.8 Å². The van der Waals surface area contributed by atoms with E-state index in [1.165, 1.54) is 0 Å². The first-order valence-electron chi connectivity index (χ1n) is 4.43. The molecule has 0 radical (unpaired) electrons. The molecule has 2 atom stereocenters. The molecule has 0 spiro atoms. The Labute approximate surface area is 83.4 Å². The predicted octanol–water partition coefficient (Wildman–Crippen LogP) is 2.26. The van der Waals surface area contributed by atoms with Crippen molar-refractivity contribution >= 4 is 17.7 Å². The zero-order chi connectivity index (χ0) is 10.1. The lowest BCUT2D eigenvalue weighted by atomic mass is 10.1. The zero-order valence-electron chi connectivity index (χ0n) is 8.12. The predicted molar refractivity (Wildman–Crippen MR) is 55.9 cm³/mol. The van der Waals surface area contributed by atoms with Crippen LogP contribution in [0.1, 0.15) is 13.8 Å². The van der Waals surface area contributed by atoms with Gasteiger partial charge in [0.15, 0.2) is 0 Å². The zero-order valence-corrected chi connectivity index (χ0v) is 8.93. The molecule has 0 saturated heterocycles. The van der Waals surface area contributed by atoms with Crippen LogP contribution in [0.25, 0.3) is 0 Å². The Balaban J connectivity index is 2.37. The average molecular weight is 200 g/mol. The summed E-state index contributed by atoms with van der Waals surface area (Å²) in [6.45, 7) is 7.70. The molecule has 74 valence electrons. The molecule has 0 heterocycles. The summed E-state index contributed by atoms with van der Waals surface area (Å²) >= 11 is 1.77. The summed E-state index contributed by atoms with van der Waals surface area (Å²) in [6.07, 6.45) is 1.86. The molecule has 1 rings (SSSR count). The van der Waals surface area contributed by atoms with Gasteiger partial charge in [-0.3, -0.25) is 4.79 Å². The molecule has 0 bridgehead atoms. The van der Waals surface area contributed by atoms with Gasteiger partial charge >= 0.3 is 5.97 Å². The molecule has 3 heteroatoms. The van der Waals surface area contributed by atoms with Crippen LogP contribution in [-0.2, 0) is 4.79 Å². The highest BCUT2D eigenvalue weighted by Crippen LogP contribution is 2.59. The molecule has 1 N–H and O–H groups in total. The second-order valence-corrected chi connectivity index (χ2v) is 5.14. The maximum atomic E-state index is 10.8. The Kier molecular flexibility index (Phi) is 3.06. The Bertz CT molecular complexity index is 223. The van der Waals surface area contributed by atoms with Crippen molar-refractivity contribution in [3.8, 4) is 0 Å². The van der Waals surface area contributed by atoms with Gasteiger partial charge in [-0.1, -0.05) is 19.9 Å². The summed E-state index contributed by atoms with van der Waals surface area (Å²) in [5.41, 5.74) is 0.00000331. The van der Waals surface area contributed by atoms with E-state index in [9.17, 15) is 4.79 Å². The Morgan fingerprint density at radius 3 is 2.69 bits per heavy atom. The molecule has 0 amide bonds. The second-order valence-electron chi connectivity index (χ2n) is 4.07. The van der Waals surface area contributed by atoms with Gasteiger partial charge in [0.05, 0.1) is 5.92 Å². The quantitative estimate of drug-likeness (QED) is 0.546. The third-order valence-corrected chi connectivity index (χ3v) is 3.92. The molecular formula is C10H16O2S. The summed E-state index contributed by atoms with van der Waals surface area (Å²) in [7, 11) is 0. The molecule has 0 unspecified atom stereocenters. The molecule has 1 aliphatic carbocycles. The van der Waals surface area contributed by atoms with Crippen LogP contribution in [0, 0.1) is 17.3 Å². The Morgan fingerprint density at radius 2 is 2.31 bits per heavy atom. The molecule has 0 aromatic heterocycles. The van der Waals surface area contributed by atoms with Crippen LogP contribution in [0.2, 0.25) is 0 Å². The first-order valence-corrected chi connectivity index (χ1v) is 5.58. The standard InChI is InChI=1S/C10H16O2S/c1-4-5-13-6-7-8(9(11)12)10(7,2)3/h4,7-8H,1,5-6H2,2-3H3,(H,11,12)/t7-,8-/m0/s1. The van der Waals surface area contributed by atoms with Crippen LogP contribution < -0.4 is 0 Å². The maximum absolute atomic E-state index is 10.8. The highest BCUT2D eigenvalue weighted by molar-refractivity contribution is 7.99. The maximum Gasteiger partial charge on any atom is 0.307 e. The molecule has 1 aliphatic rings. The van der Waals surface area contributed by atoms with E-state index in [4.69, 9.17) is 5.11 Å². The molecule has 1 fully saturated rings. The Morgan fingerprint density at radius 1 is 1.69 bits per heavy atom. The van der Waals surface area contributed by atoms with Crippen molar-refractivity contribution in [2.75, 3.05) is 11.5 Å². The van der Waals surface area contributed by atoms with E-state index in [1.54, 1.807) is 11.8 Å². The van der Waals surface area contributed by atoms with Gasteiger partial charge in [0, 0.05) is 5.75 Å². The van der Waals surface area contributed by atoms with Crippen molar-refractivity contribution in [3.05, 3.63) is 12.7 Å². The van der Waals surface area contributed by atoms with Gasteiger partial charge in [-0.05, 0) is 17.1 Å². The molecule has 13 heavy (non-hydrogen) atoms. The molecule has 0 aliphatic heterocycles. The fourth-order valence-electron chi connectivity index (χ4n) is 1.82. The van der Waals surface area contributed by atoms with Crippen molar-refractivity contribution in [1.82, 2.24) is 0 Å². The lowest BCUT2D eigenvalue weighted by Crippen LogP contribution is -2.03. The summed E-state index contributed by atoms with van der Waals surface area (Å²) in [4.78, 5) is 10.8. The third kappa shape index (κ3) is 2.08. The fraction of sp³-hybridized carbons (Fsp3) is 0.700. The van der Waals surface area contributed by atoms with Gasteiger partial charge in [0.2, 0.25) is 0 Å². The van der Waals surface area contributed by atoms with Crippen molar-refractivity contribution in [1.29, 1.82) is 0 Å². The largest absolute Gasteiger partial charge is 0.481 e. The van der Waals surface area contributed by atoms with Crippen molar-refractivity contribution < 1.29 is 9.90 Å². The molecule has 2 nitrogen and oxygen atoms in total. The van der Waals surface area contributed by atoms with Crippen molar-refractivity contribution in [2.24, 2.45) is 17.3 Å². The SMILES string of the molecule is C=CCSC[C@H]1[C@@H](C(=O)O)C1(C)C. The number of thioether (sulfide) groups is 1. The lowest BCUT2D eigenvalue weighted by Gasteiger charge is -1.99. The highest BCUT2D eigenvalue weighted by Gasteiger charge is 2.61. The number of hydrogen-bond donors (Lipinski definition) is 1. The topological polar surface area (TPSA) is 37.3 Å². The van der Waals surface area contributed by atoms with E-state index in [1.807, 2.05) is 19.9 Å². The molecular weight excluding hydrogens is 184 g/mol. The van der Waals surface area contributed by atoms with Crippen LogP contribution in [0.15, 0.2) is 12.7 Å². The summed E-state index contributed by atoms with van der Waals surface area (Å²) in [6, 6.07) is 0. The minimum atomic E-state index is -0.644. The van der Waals surface area contributed by atoms with E-state index in [0.29, 0.717) is 5.92 Å². The number of carbonyl (C=O) groups is 1. The van der Waals surface area contributed by atoms with Crippen LogP contribution in [0.5, 0.6) is 0 Å². The van der Waals surface area contributed by atoms with Crippen molar-refractivity contribution in [3.63, 3.8) is 0 Å².